The maximum Gasteiger partial charge on any atom is 0.0428 e. The first-order valence-corrected chi connectivity index (χ1v) is 13.2. The van der Waals surface area contributed by atoms with Crippen LogP contribution in [-0.4, -0.2) is 0 Å². The zero-order valence-electron chi connectivity index (χ0n) is 19.4. The quantitative estimate of drug-likeness (QED) is 0.215. The molecule has 0 saturated carbocycles. The molecule has 0 N–H and O–H groups in total. The van der Waals surface area contributed by atoms with Gasteiger partial charge in [-0.25, -0.2) is 0 Å². The Balaban J connectivity index is 1.45. The smallest absolute Gasteiger partial charge is 0.0428 e. The molecule has 166 valence electrons. The fourth-order valence-corrected chi connectivity index (χ4v) is 5.93. The van der Waals surface area contributed by atoms with Crippen molar-refractivity contribution >= 4 is 67.1 Å². The van der Waals surface area contributed by atoms with E-state index < -0.39 is 0 Å². The van der Waals surface area contributed by atoms with Crippen molar-refractivity contribution in [1.82, 2.24) is 0 Å². The average molecular weight is 475 g/mol. The molecule has 0 atom stereocenters. The zero-order chi connectivity index (χ0) is 23.3. The highest BCUT2D eigenvalue weighted by atomic mass is 32.1. The number of rotatable bonds is 6. The van der Waals surface area contributed by atoms with Crippen molar-refractivity contribution in [2.75, 3.05) is 0 Å². The van der Waals surface area contributed by atoms with E-state index in [1.54, 1.807) is 0 Å². The summed E-state index contributed by atoms with van der Waals surface area (Å²) in [6.45, 7) is 4.23. The SMILES string of the molecule is Cc1ccc(/C=C/C=C/c2c3ccsc3c(/C=C/C=C/c3ccc(C)cc3)c3ccsc23)cc1. The monoisotopic (exact) mass is 474 g/mol. The Bertz CT molecular complexity index is 1370. The van der Waals surface area contributed by atoms with Crippen molar-refractivity contribution in [1.29, 1.82) is 0 Å². The van der Waals surface area contributed by atoms with Crippen LogP contribution in [0.2, 0.25) is 0 Å². The molecule has 0 radical (unpaired) electrons. The van der Waals surface area contributed by atoms with E-state index in [-0.39, 0.29) is 0 Å². The fourth-order valence-electron chi connectivity index (χ4n) is 4.03. The Kier molecular flexibility index (Phi) is 6.71. The number of hydrogen-bond donors (Lipinski definition) is 0. The lowest BCUT2D eigenvalue weighted by Crippen LogP contribution is -1.81. The highest BCUT2D eigenvalue weighted by Gasteiger charge is 2.12. The molecule has 2 heteroatoms. The second kappa shape index (κ2) is 10.2. The second-order valence-corrected chi connectivity index (χ2v) is 10.2. The predicted molar refractivity (Wildman–Crippen MR) is 156 cm³/mol. The van der Waals surface area contributed by atoms with Crippen LogP contribution < -0.4 is 0 Å². The van der Waals surface area contributed by atoms with Gasteiger partial charge in [0, 0.05) is 31.3 Å². The van der Waals surface area contributed by atoms with E-state index >= 15 is 0 Å². The van der Waals surface area contributed by atoms with E-state index in [4.69, 9.17) is 0 Å². The molecular formula is C32H26S2. The molecule has 0 bridgehead atoms. The summed E-state index contributed by atoms with van der Waals surface area (Å²) >= 11 is 3.63. The molecule has 0 spiro atoms. The number of fused-ring (bicyclic) bond motifs is 2. The van der Waals surface area contributed by atoms with Gasteiger partial charge in [0.2, 0.25) is 0 Å². The van der Waals surface area contributed by atoms with Gasteiger partial charge in [0.25, 0.3) is 0 Å². The molecule has 34 heavy (non-hydrogen) atoms. The topological polar surface area (TPSA) is 0 Å². The van der Waals surface area contributed by atoms with E-state index in [0.29, 0.717) is 0 Å². The van der Waals surface area contributed by atoms with Gasteiger partial charge in [-0.05, 0) is 47.9 Å². The van der Waals surface area contributed by atoms with Crippen molar-refractivity contribution in [2.45, 2.75) is 13.8 Å². The third-order valence-electron chi connectivity index (χ3n) is 5.88. The van der Waals surface area contributed by atoms with E-state index in [1.165, 1.54) is 53.6 Å². The van der Waals surface area contributed by atoms with Gasteiger partial charge in [-0.2, -0.15) is 0 Å². The van der Waals surface area contributed by atoms with Gasteiger partial charge in [-0.1, -0.05) is 108 Å². The van der Waals surface area contributed by atoms with Crippen LogP contribution in [0.4, 0.5) is 0 Å². The van der Waals surface area contributed by atoms with Crippen LogP contribution in [0.5, 0.6) is 0 Å². The van der Waals surface area contributed by atoms with E-state index in [1.807, 2.05) is 22.7 Å². The molecule has 0 aliphatic heterocycles. The molecule has 0 nitrogen and oxygen atoms in total. The first kappa shape index (κ1) is 22.3. The molecule has 3 aromatic carbocycles. The van der Waals surface area contributed by atoms with Gasteiger partial charge in [-0.15, -0.1) is 22.7 Å². The van der Waals surface area contributed by atoms with Crippen molar-refractivity contribution in [3.63, 3.8) is 0 Å². The van der Waals surface area contributed by atoms with Crippen LogP contribution in [0.1, 0.15) is 33.4 Å². The number of benzene rings is 3. The van der Waals surface area contributed by atoms with Crippen LogP contribution in [0, 0.1) is 13.8 Å². The molecule has 0 aliphatic carbocycles. The summed E-state index contributed by atoms with van der Waals surface area (Å²) in [4.78, 5) is 0. The predicted octanol–water partition coefficient (Wildman–Crippen LogP) is 10.2. The van der Waals surface area contributed by atoms with Crippen molar-refractivity contribution in [2.24, 2.45) is 0 Å². The lowest BCUT2D eigenvalue weighted by atomic mass is 10.0. The number of thiophene rings is 2. The Labute approximate surface area is 209 Å². The molecule has 0 amide bonds. The van der Waals surface area contributed by atoms with Crippen molar-refractivity contribution < 1.29 is 0 Å². The fraction of sp³-hybridized carbons (Fsp3) is 0.0625. The van der Waals surface area contributed by atoms with E-state index in [0.717, 1.165) is 0 Å². The highest BCUT2D eigenvalue weighted by molar-refractivity contribution is 7.19. The van der Waals surface area contributed by atoms with Gasteiger partial charge >= 0.3 is 0 Å². The van der Waals surface area contributed by atoms with Gasteiger partial charge in [-0.3, -0.25) is 0 Å². The summed E-state index contributed by atoms with van der Waals surface area (Å²) in [5.74, 6) is 0. The summed E-state index contributed by atoms with van der Waals surface area (Å²) in [7, 11) is 0. The van der Waals surface area contributed by atoms with Crippen LogP contribution in [0.3, 0.4) is 0 Å². The molecular weight excluding hydrogens is 448 g/mol. The number of aryl methyl sites for hydroxylation is 2. The number of hydrogen-bond acceptors (Lipinski definition) is 2. The largest absolute Gasteiger partial charge is 0.143 e. The molecule has 0 unspecified atom stereocenters. The van der Waals surface area contributed by atoms with Crippen LogP contribution in [-0.2, 0) is 0 Å². The lowest BCUT2D eigenvalue weighted by molar-refractivity contribution is 1.46. The molecule has 2 heterocycles. The van der Waals surface area contributed by atoms with Crippen molar-refractivity contribution in [3.8, 4) is 0 Å². The Morgan fingerprint density at radius 1 is 0.471 bits per heavy atom. The molecule has 0 fully saturated rings. The van der Waals surface area contributed by atoms with Crippen LogP contribution in [0.25, 0.3) is 44.5 Å². The first-order chi connectivity index (χ1) is 16.7. The zero-order valence-corrected chi connectivity index (χ0v) is 21.0. The van der Waals surface area contributed by atoms with Gasteiger partial charge in [0.1, 0.15) is 0 Å². The van der Waals surface area contributed by atoms with Gasteiger partial charge < -0.3 is 0 Å². The Morgan fingerprint density at radius 2 is 0.853 bits per heavy atom. The Hall–Kier alpha value is -3.46. The van der Waals surface area contributed by atoms with Crippen molar-refractivity contribution in [3.05, 3.63) is 129 Å². The molecule has 0 saturated heterocycles. The second-order valence-electron chi connectivity index (χ2n) is 8.41. The molecule has 5 aromatic rings. The Morgan fingerprint density at radius 3 is 1.26 bits per heavy atom. The minimum absolute atomic E-state index is 1.22. The molecule has 0 aliphatic rings. The van der Waals surface area contributed by atoms with Gasteiger partial charge in [0.15, 0.2) is 0 Å². The minimum Gasteiger partial charge on any atom is -0.143 e. The van der Waals surface area contributed by atoms with Crippen LogP contribution >= 0.6 is 22.7 Å². The third kappa shape index (κ3) is 4.89. The van der Waals surface area contributed by atoms with E-state index in [2.05, 4.69) is 134 Å². The lowest BCUT2D eigenvalue weighted by Gasteiger charge is -2.06. The summed E-state index contributed by atoms with van der Waals surface area (Å²) in [5.41, 5.74) is 7.62. The first-order valence-electron chi connectivity index (χ1n) is 11.4. The molecule has 2 aromatic heterocycles. The highest BCUT2D eigenvalue weighted by Crippen LogP contribution is 2.40. The molecule has 5 rings (SSSR count). The van der Waals surface area contributed by atoms with Gasteiger partial charge in [0.05, 0.1) is 0 Å². The summed E-state index contributed by atoms with van der Waals surface area (Å²) in [5, 5.41) is 7.05. The number of allylic oxidation sites excluding steroid dienone is 4. The standard InChI is InChI=1S/C32H26S2/c1-23-11-15-25(16-12-23)7-3-5-9-27-29-19-21-34-32(29)28(30-20-22-33-31(27)30)10-6-4-8-26-17-13-24(2)14-18-26/h3-22H,1-2H3/b7-3+,8-4+,9-5+,10-6+. The summed E-state index contributed by atoms with van der Waals surface area (Å²) in [6, 6.07) is 21.7. The normalized spacial score (nSPS) is 12.5. The maximum atomic E-state index is 2.25. The average Bonchev–Trinajstić information content (AvgIpc) is 3.53. The minimum atomic E-state index is 1.22. The summed E-state index contributed by atoms with van der Waals surface area (Å²) < 4.78 is 2.68. The summed E-state index contributed by atoms with van der Waals surface area (Å²) in [6.07, 6.45) is 17.4. The third-order valence-corrected chi connectivity index (χ3v) is 7.78. The van der Waals surface area contributed by atoms with E-state index in [9.17, 15) is 0 Å². The maximum absolute atomic E-state index is 2.25. The van der Waals surface area contributed by atoms with Crippen LogP contribution in [0.15, 0.2) is 95.7 Å².